The van der Waals surface area contributed by atoms with Crippen molar-refractivity contribution in [3.63, 3.8) is 0 Å². The Balaban J connectivity index is 3.89. The molecule has 0 aliphatic carbocycles. The van der Waals surface area contributed by atoms with Gasteiger partial charge in [-0.3, -0.25) is 9.69 Å². The fraction of sp³-hybridized carbons (Fsp3) is 0.909. The fourth-order valence-electron chi connectivity index (χ4n) is 1.32. The monoisotopic (exact) mass is 201 g/mol. The van der Waals surface area contributed by atoms with Crippen LogP contribution in [0.1, 0.15) is 33.6 Å². The third-order valence-electron chi connectivity index (χ3n) is 2.55. The molecule has 0 aromatic heterocycles. The number of methoxy groups -OCH3 is 1. The van der Waals surface area contributed by atoms with Crippen LogP contribution in [0.2, 0.25) is 0 Å². The van der Waals surface area contributed by atoms with Crippen LogP contribution in [0.3, 0.4) is 0 Å². The first-order chi connectivity index (χ1) is 6.61. The number of hydrogen-bond acceptors (Lipinski definition) is 3. The zero-order valence-electron chi connectivity index (χ0n) is 9.88. The van der Waals surface area contributed by atoms with E-state index in [1.54, 1.807) is 14.0 Å². The Hall–Kier alpha value is -0.410. The molecule has 0 N–H and O–H groups in total. The molecule has 0 radical (unpaired) electrons. The van der Waals surface area contributed by atoms with Crippen LogP contribution in [0.25, 0.3) is 0 Å². The Bertz CT molecular complexity index is 159. The van der Waals surface area contributed by atoms with Gasteiger partial charge in [-0.2, -0.15) is 0 Å². The van der Waals surface area contributed by atoms with Gasteiger partial charge in [0, 0.05) is 32.7 Å². The van der Waals surface area contributed by atoms with Gasteiger partial charge in [-0.1, -0.05) is 6.92 Å². The summed E-state index contributed by atoms with van der Waals surface area (Å²) in [5.41, 5.74) is 0. The normalized spacial score (nSPS) is 13.2. The van der Waals surface area contributed by atoms with Crippen LogP contribution in [0.15, 0.2) is 0 Å². The molecule has 0 fully saturated rings. The van der Waals surface area contributed by atoms with E-state index in [0.29, 0.717) is 12.5 Å². The fourth-order valence-corrected chi connectivity index (χ4v) is 1.32. The van der Waals surface area contributed by atoms with Gasteiger partial charge >= 0.3 is 0 Å². The van der Waals surface area contributed by atoms with Crippen molar-refractivity contribution >= 4 is 5.78 Å². The van der Waals surface area contributed by atoms with Crippen LogP contribution in [0.4, 0.5) is 0 Å². The first-order valence-electron chi connectivity index (χ1n) is 5.34. The minimum absolute atomic E-state index is 0.260. The van der Waals surface area contributed by atoms with Gasteiger partial charge in [-0.05, 0) is 20.3 Å². The second kappa shape index (κ2) is 7.94. The van der Waals surface area contributed by atoms with E-state index < -0.39 is 0 Å². The molecule has 0 aliphatic heterocycles. The maximum Gasteiger partial charge on any atom is 0.131 e. The van der Waals surface area contributed by atoms with E-state index in [1.165, 1.54) is 0 Å². The molecular weight excluding hydrogens is 178 g/mol. The van der Waals surface area contributed by atoms with E-state index in [9.17, 15) is 4.79 Å². The SMILES string of the molecule is CCC(C)N(CCOC)CCC(C)=O. The van der Waals surface area contributed by atoms with E-state index >= 15 is 0 Å². The Morgan fingerprint density at radius 2 is 2.07 bits per heavy atom. The van der Waals surface area contributed by atoms with Gasteiger partial charge in [-0.15, -0.1) is 0 Å². The largest absolute Gasteiger partial charge is 0.383 e. The molecule has 0 saturated heterocycles. The summed E-state index contributed by atoms with van der Waals surface area (Å²) in [6, 6.07) is 0.532. The number of ketones is 1. The van der Waals surface area contributed by atoms with Crippen molar-refractivity contribution < 1.29 is 9.53 Å². The second-order valence-corrected chi connectivity index (χ2v) is 3.74. The minimum atomic E-state index is 0.260. The summed E-state index contributed by atoms with van der Waals surface area (Å²) in [5.74, 6) is 0.260. The molecule has 0 heterocycles. The van der Waals surface area contributed by atoms with E-state index in [-0.39, 0.29) is 5.78 Å². The lowest BCUT2D eigenvalue weighted by atomic mass is 10.2. The molecule has 1 atom stereocenters. The van der Waals surface area contributed by atoms with Crippen molar-refractivity contribution in [1.82, 2.24) is 4.90 Å². The van der Waals surface area contributed by atoms with Crippen LogP contribution in [0.5, 0.6) is 0 Å². The van der Waals surface area contributed by atoms with Crippen molar-refractivity contribution in [3.05, 3.63) is 0 Å². The highest BCUT2D eigenvalue weighted by atomic mass is 16.5. The number of rotatable bonds is 8. The lowest BCUT2D eigenvalue weighted by molar-refractivity contribution is -0.117. The summed E-state index contributed by atoms with van der Waals surface area (Å²) >= 11 is 0. The summed E-state index contributed by atoms with van der Waals surface area (Å²) < 4.78 is 5.05. The number of carbonyl (C=O) groups is 1. The Morgan fingerprint density at radius 1 is 1.43 bits per heavy atom. The minimum Gasteiger partial charge on any atom is -0.383 e. The average molecular weight is 201 g/mol. The molecule has 0 aromatic rings. The van der Waals surface area contributed by atoms with Crippen molar-refractivity contribution in [1.29, 1.82) is 0 Å². The Morgan fingerprint density at radius 3 is 2.50 bits per heavy atom. The van der Waals surface area contributed by atoms with Crippen molar-refractivity contribution in [2.45, 2.75) is 39.7 Å². The van der Waals surface area contributed by atoms with E-state index in [4.69, 9.17) is 4.74 Å². The van der Waals surface area contributed by atoms with E-state index in [2.05, 4.69) is 18.7 Å². The van der Waals surface area contributed by atoms with Crippen LogP contribution in [-0.2, 0) is 9.53 Å². The van der Waals surface area contributed by atoms with Gasteiger partial charge in [0.05, 0.1) is 6.61 Å². The molecular formula is C11H23NO2. The first-order valence-corrected chi connectivity index (χ1v) is 5.34. The van der Waals surface area contributed by atoms with Gasteiger partial charge in [0.1, 0.15) is 5.78 Å². The standard InChI is InChI=1S/C11H23NO2/c1-5-10(2)12(8-9-14-4)7-6-11(3)13/h10H,5-9H2,1-4H3. The Labute approximate surface area is 87.4 Å². The number of nitrogens with zero attached hydrogens (tertiary/aromatic N) is 1. The molecule has 0 bridgehead atoms. The van der Waals surface area contributed by atoms with Gasteiger partial charge < -0.3 is 4.74 Å². The molecule has 3 heteroatoms. The summed E-state index contributed by atoms with van der Waals surface area (Å²) in [6.45, 7) is 8.51. The van der Waals surface area contributed by atoms with Gasteiger partial charge in [0.2, 0.25) is 0 Å². The molecule has 0 saturated carbocycles. The highest BCUT2D eigenvalue weighted by molar-refractivity contribution is 5.75. The predicted molar refractivity (Wildman–Crippen MR) is 58.5 cm³/mol. The lowest BCUT2D eigenvalue weighted by Crippen LogP contribution is -2.36. The molecule has 0 amide bonds. The number of hydrogen-bond donors (Lipinski definition) is 0. The third-order valence-corrected chi connectivity index (χ3v) is 2.55. The van der Waals surface area contributed by atoms with Gasteiger partial charge in [0.15, 0.2) is 0 Å². The quantitative estimate of drug-likeness (QED) is 0.599. The topological polar surface area (TPSA) is 29.5 Å². The summed E-state index contributed by atoms with van der Waals surface area (Å²) in [6.07, 6.45) is 1.76. The highest BCUT2D eigenvalue weighted by Gasteiger charge is 2.11. The lowest BCUT2D eigenvalue weighted by Gasteiger charge is -2.27. The molecule has 14 heavy (non-hydrogen) atoms. The van der Waals surface area contributed by atoms with E-state index in [1.807, 2.05) is 0 Å². The summed E-state index contributed by atoms with van der Waals surface area (Å²) in [4.78, 5) is 13.2. The zero-order chi connectivity index (χ0) is 11.0. The molecule has 3 nitrogen and oxygen atoms in total. The first kappa shape index (κ1) is 13.6. The smallest absolute Gasteiger partial charge is 0.131 e. The van der Waals surface area contributed by atoms with E-state index in [0.717, 1.165) is 26.1 Å². The molecule has 84 valence electrons. The second-order valence-electron chi connectivity index (χ2n) is 3.74. The zero-order valence-corrected chi connectivity index (χ0v) is 9.88. The van der Waals surface area contributed by atoms with Gasteiger partial charge in [-0.25, -0.2) is 0 Å². The van der Waals surface area contributed by atoms with Crippen molar-refractivity contribution in [3.8, 4) is 0 Å². The average Bonchev–Trinajstić information content (AvgIpc) is 2.16. The maximum atomic E-state index is 10.9. The van der Waals surface area contributed by atoms with Crippen LogP contribution < -0.4 is 0 Å². The predicted octanol–water partition coefficient (Wildman–Crippen LogP) is 1.71. The van der Waals surface area contributed by atoms with Crippen molar-refractivity contribution in [2.75, 3.05) is 26.8 Å². The summed E-state index contributed by atoms with van der Waals surface area (Å²) in [7, 11) is 1.71. The highest BCUT2D eigenvalue weighted by Crippen LogP contribution is 2.04. The number of ether oxygens (including phenoxy) is 1. The molecule has 1 unspecified atom stereocenters. The van der Waals surface area contributed by atoms with Crippen LogP contribution in [-0.4, -0.2) is 43.5 Å². The number of Topliss-reactive ketones (excluding diaryl/α,β-unsaturated/α-hetero) is 1. The number of carbonyl (C=O) groups excluding carboxylic acids is 1. The molecule has 0 rings (SSSR count). The molecule has 0 spiro atoms. The van der Waals surface area contributed by atoms with Crippen molar-refractivity contribution in [2.24, 2.45) is 0 Å². The Kier molecular flexibility index (Phi) is 7.71. The van der Waals surface area contributed by atoms with Crippen LogP contribution in [0, 0.1) is 0 Å². The van der Waals surface area contributed by atoms with Gasteiger partial charge in [0.25, 0.3) is 0 Å². The summed E-state index contributed by atoms with van der Waals surface area (Å²) in [5, 5.41) is 0. The molecule has 0 aromatic carbocycles. The van der Waals surface area contributed by atoms with Crippen LogP contribution >= 0.6 is 0 Å². The molecule has 0 aliphatic rings. The third kappa shape index (κ3) is 6.11. The maximum absolute atomic E-state index is 10.9.